The van der Waals surface area contributed by atoms with Crippen molar-refractivity contribution in [2.45, 2.75) is 4.90 Å². The highest BCUT2D eigenvalue weighted by atomic mass is 79.9. The van der Waals surface area contributed by atoms with E-state index in [-0.39, 0.29) is 4.90 Å². The summed E-state index contributed by atoms with van der Waals surface area (Å²) in [6.45, 7) is -0.664. The van der Waals surface area contributed by atoms with E-state index in [2.05, 4.69) is 26.0 Å². The Morgan fingerprint density at radius 2 is 1.88 bits per heavy atom. The van der Waals surface area contributed by atoms with Gasteiger partial charge in [-0.05, 0) is 53.3 Å². The Bertz CT molecular complexity index is 949. The number of rotatable bonds is 6. The van der Waals surface area contributed by atoms with E-state index in [0.717, 1.165) is 18.2 Å². The topological polar surface area (TPSA) is 102 Å². The summed E-state index contributed by atoms with van der Waals surface area (Å²) in [5, 5.41) is 2.51. The van der Waals surface area contributed by atoms with E-state index in [1.165, 1.54) is 7.05 Å². The lowest BCUT2D eigenvalue weighted by molar-refractivity contribution is -0.119. The minimum absolute atomic E-state index is 0.300. The van der Waals surface area contributed by atoms with Gasteiger partial charge in [0, 0.05) is 4.47 Å². The Balaban J connectivity index is 2.07. The Morgan fingerprint density at radius 1 is 1.19 bits per heavy atom. The molecule has 2 N–H and O–H groups in total. The van der Waals surface area contributed by atoms with Crippen molar-refractivity contribution in [2.24, 2.45) is 0 Å². The predicted molar refractivity (Wildman–Crippen MR) is 95.7 cm³/mol. The second-order valence-electron chi connectivity index (χ2n) is 4.95. The van der Waals surface area contributed by atoms with Crippen LogP contribution in [-0.4, -0.2) is 33.9 Å². The Labute approximate surface area is 157 Å². The first-order chi connectivity index (χ1) is 12.2. The average molecular weight is 445 g/mol. The van der Waals surface area contributed by atoms with Crippen LogP contribution < -0.4 is 10.0 Å². The second kappa shape index (κ2) is 8.39. The van der Waals surface area contributed by atoms with Gasteiger partial charge in [-0.15, -0.1) is 0 Å². The minimum atomic E-state index is -3.86. The fourth-order valence-electron chi connectivity index (χ4n) is 1.90. The van der Waals surface area contributed by atoms with Gasteiger partial charge in [-0.25, -0.2) is 22.3 Å². The van der Waals surface area contributed by atoms with Crippen molar-refractivity contribution < 1.29 is 27.1 Å². The van der Waals surface area contributed by atoms with Gasteiger partial charge in [0.15, 0.2) is 6.61 Å². The molecule has 2 rings (SSSR count). The molecule has 0 fully saturated rings. The van der Waals surface area contributed by atoms with Gasteiger partial charge in [0.25, 0.3) is 5.91 Å². The molecule has 0 aliphatic rings. The van der Waals surface area contributed by atoms with Crippen LogP contribution in [0.4, 0.5) is 10.1 Å². The third-order valence-corrected chi connectivity index (χ3v) is 5.32. The summed E-state index contributed by atoms with van der Waals surface area (Å²) >= 11 is 3.25. The molecule has 26 heavy (non-hydrogen) atoms. The number of carbonyl (C=O) groups is 2. The Kier molecular flexibility index (Phi) is 6.46. The van der Waals surface area contributed by atoms with Crippen molar-refractivity contribution in [3.05, 3.63) is 58.3 Å². The van der Waals surface area contributed by atoms with Gasteiger partial charge in [-0.2, -0.15) is 0 Å². The molecule has 0 unspecified atom stereocenters. The van der Waals surface area contributed by atoms with Crippen LogP contribution in [-0.2, 0) is 19.6 Å². The molecule has 138 valence electrons. The zero-order valence-corrected chi connectivity index (χ0v) is 15.9. The number of nitrogens with one attached hydrogen (secondary N) is 2. The van der Waals surface area contributed by atoms with Crippen molar-refractivity contribution in [3.8, 4) is 0 Å². The molecule has 0 heterocycles. The molecular weight excluding hydrogens is 431 g/mol. The third-order valence-electron chi connectivity index (χ3n) is 3.22. The summed E-state index contributed by atoms with van der Waals surface area (Å²) in [4.78, 5) is 23.5. The molecule has 0 saturated heterocycles. The van der Waals surface area contributed by atoms with Crippen LogP contribution in [0.15, 0.2) is 51.8 Å². The van der Waals surface area contributed by atoms with Crippen LogP contribution in [0.1, 0.15) is 10.4 Å². The molecular formula is C16H14BrFN2O5S. The standard InChI is InChI=1S/C16H14BrFN2O5S/c1-19-26(23,24)10-6-7-13(18)11(8-10)16(22)25-9-15(21)20-14-5-3-2-4-12(14)17/h2-8,19H,9H2,1H3,(H,20,21). The molecule has 0 spiro atoms. The first-order valence-electron chi connectivity index (χ1n) is 7.19. The summed E-state index contributed by atoms with van der Waals surface area (Å²) in [7, 11) is -2.67. The van der Waals surface area contributed by atoms with Gasteiger partial charge in [0.05, 0.1) is 16.1 Å². The Morgan fingerprint density at radius 3 is 2.54 bits per heavy atom. The lowest BCUT2D eigenvalue weighted by Gasteiger charge is -2.09. The van der Waals surface area contributed by atoms with Crippen molar-refractivity contribution >= 4 is 43.5 Å². The highest BCUT2D eigenvalue weighted by Gasteiger charge is 2.20. The first kappa shape index (κ1) is 20.0. The minimum Gasteiger partial charge on any atom is -0.452 e. The summed E-state index contributed by atoms with van der Waals surface area (Å²) in [6.07, 6.45) is 0. The van der Waals surface area contributed by atoms with Crippen molar-refractivity contribution in [2.75, 3.05) is 19.0 Å². The fourth-order valence-corrected chi connectivity index (χ4v) is 3.04. The van der Waals surface area contributed by atoms with Gasteiger partial charge in [0.1, 0.15) is 5.82 Å². The van der Waals surface area contributed by atoms with Crippen molar-refractivity contribution in [1.82, 2.24) is 4.72 Å². The predicted octanol–water partition coefficient (Wildman–Crippen LogP) is 2.29. The molecule has 2 aromatic rings. The number of hydrogen-bond acceptors (Lipinski definition) is 5. The lowest BCUT2D eigenvalue weighted by Crippen LogP contribution is -2.22. The van der Waals surface area contributed by atoms with Crippen LogP contribution in [0.2, 0.25) is 0 Å². The highest BCUT2D eigenvalue weighted by molar-refractivity contribution is 9.10. The van der Waals surface area contributed by atoms with Crippen LogP contribution in [0.3, 0.4) is 0 Å². The number of ether oxygens (including phenoxy) is 1. The number of sulfonamides is 1. The molecule has 0 atom stereocenters. The summed E-state index contributed by atoms with van der Waals surface area (Å²) in [5.74, 6) is -2.75. The Hall–Kier alpha value is -2.30. The zero-order valence-electron chi connectivity index (χ0n) is 13.5. The van der Waals surface area contributed by atoms with Crippen LogP contribution >= 0.6 is 15.9 Å². The number of benzene rings is 2. The number of para-hydroxylation sites is 1. The molecule has 0 bridgehead atoms. The van der Waals surface area contributed by atoms with E-state index in [9.17, 15) is 22.4 Å². The quantitative estimate of drug-likeness (QED) is 0.665. The molecule has 0 aromatic heterocycles. The van der Waals surface area contributed by atoms with E-state index in [4.69, 9.17) is 4.74 Å². The normalized spacial score (nSPS) is 11.0. The van der Waals surface area contributed by atoms with Crippen molar-refractivity contribution in [3.63, 3.8) is 0 Å². The van der Waals surface area contributed by atoms with Gasteiger partial charge in [0.2, 0.25) is 10.0 Å². The second-order valence-corrected chi connectivity index (χ2v) is 7.69. The maximum Gasteiger partial charge on any atom is 0.341 e. The number of amides is 1. The van der Waals surface area contributed by atoms with Crippen LogP contribution in [0, 0.1) is 5.82 Å². The largest absolute Gasteiger partial charge is 0.452 e. The molecule has 2 aromatic carbocycles. The number of hydrogen-bond donors (Lipinski definition) is 2. The van der Waals surface area contributed by atoms with E-state index in [0.29, 0.717) is 10.2 Å². The SMILES string of the molecule is CNS(=O)(=O)c1ccc(F)c(C(=O)OCC(=O)Nc2ccccc2Br)c1. The van der Waals surface area contributed by atoms with Crippen molar-refractivity contribution in [1.29, 1.82) is 0 Å². The molecule has 10 heteroatoms. The summed E-state index contributed by atoms with van der Waals surface area (Å²) in [6, 6.07) is 9.50. The molecule has 0 radical (unpaired) electrons. The maximum atomic E-state index is 13.8. The van der Waals surface area contributed by atoms with Gasteiger partial charge in [-0.3, -0.25) is 4.79 Å². The molecule has 0 aliphatic heterocycles. The van der Waals surface area contributed by atoms with Gasteiger partial charge < -0.3 is 10.1 Å². The highest BCUT2D eigenvalue weighted by Crippen LogP contribution is 2.21. The van der Waals surface area contributed by atoms with E-state index in [1.807, 2.05) is 0 Å². The zero-order chi connectivity index (χ0) is 19.3. The average Bonchev–Trinajstić information content (AvgIpc) is 2.62. The lowest BCUT2D eigenvalue weighted by atomic mass is 10.2. The number of esters is 1. The van der Waals surface area contributed by atoms with E-state index in [1.54, 1.807) is 24.3 Å². The molecule has 0 aliphatic carbocycles. The molecule has 7 nitrogen and oxygen atoms in total. The van der Waals surface area contributed by atoms with Gasteiger partial charge in [-0.1, -0.05) is 12.1 Å². The molecule has 0 saturated carbocycles. The fraction of sp³-hybridized carbons (Fsp3) is 0.125. The molecule has 1 amide bonds. The first-order valence-corrected chi connectivity index (χ1v) is 9.47. The van der Waals surface area contributed by atoms with Crippen LogP contribution in [0.5, 0.6) is 0 Å². The van der Waals surface area contributed by atoms with Crippen LogP contribution in [0.25, 0.3) is 0 Å². The number of carbonyl (C=O) groups excluding carboxylic acids is 2. The number of halogens is 2. The monoisotopic (exact) mass is 444 g/mol. The van der Waals surface area contributed by atoms with E-state index >= 15 is 0 Å². The smallest absolute Gasteiger partial charge is 0.341 e. The number of anilines is 1. The van der Waals surface area contributed by atoms with Gasteiger partial charge >= 0.3 is 5.97 Å². The maximum absolute atomic E-state index is 13.8. The summed E-state index contributed by atoms with van der Waals surface area (Å²) < 4.78 is 44.7. The van der Waals surface area contributed by atoms with E-state index < -0.39 is 39.9 Å². The summed E-state index contributed by atoms with van der Waals surface area (Å²) in [5.41, 5.74) is -0.114. The third kappa shape index (κ3) is 4.87.